The lowest BCUT2D eigenvalue weighted by Crippen LogP contribution is -2.21. The minimum absolute atomic E-state index is 0.0825. The molecule has 0 aliphatic carbocycles. The summed E-state index contributed by atoms with van der Waals surface area (Å²) in [5, 5.41) is 2.77. The van der Waals surface area contributed by atoms with E-state index in [1.807, 2.05) is 0 Å². The summed E-state index contributed by atoms with van der Waals surface area (Å²) >= 11 is 5.61. The summed E-state index contributed by atoms with van der Waals surface area (Å²) < 4.78 is 17.7. The number of likely N-dealkylation sites (N-methyl/N-ethyl adjacent to an activating group) is 1. The first-order valence-electron chi connectivity index (χ1n) is 4.87. The highest BCUT2D eigenvalue weighted by Crippen LogP contribution is 2.16. The minimum atomic E-state index is -0.447. The van der Waals surface area contributed by atoms with Crippen LogP contribution in [0.4, 0.5) is 4.39 Å². The number of esters is 1. The van der Waals surface area contributed by atoms with Gasteiger partial charge in [-0.25, -0.2) is 4.39 Å². The summed E-state index contributed by atoms with van der Waals surface area (Å²) in [6, 6.07) is 4.45. The molecule has 0 aromatic heterocycles. The third-order valence-electron chi connectivity index (χ3n) is 1.96. The Kier molecular flexibility index (Phi) is 5.22. The molecule has 0 radical (unpaired) electrons. The van der Waals surface area contributed by atoms with E-state index in [4.69, 9.17) is 16.3 Å². The van der Waals surface area contributed by atoms with E-state index in [1.54, 1.807) is 13.1 Å². The quantitative estimate of drug-likeness (QED) is 0.804. The largest absolute Gasteiger partial charge is 0.464 e. The standard InChI is InChI=1S/C11H13ClFNO2/c1-14-7-11(15)16-5-4-8-2-3-10(13)9(12)6-8/h2-3,6,14H,4-5,7H2,1H3. The lowest BCUT2D eigenvalue weighted by atomic mass is 10.1. The molecule has 3 nitrogen and oxygen atoms in total. The highest BCUT2D eigenvalue weighted by Gasteiger charge is 2.03. The number of benzene rings is 1. The van der Waals surface area contributed by atoms with Crippen molar-refractivity contribution in [1.82, 2.24) is 5.32 Å². The molecule has 1 rings (SSSR count). The summed E-state index contributed by atoms with van der Waals surface area (Å²) in [5.41, 5.74) is 0.837. The Labute approximate surface area is 98.5 Å². The zero-order valence-corrected chi connectivity index (χ0v) is 9.68. The van der Waals surface area contributed by atoms with Crippen LogP contribution in [0.25, 0.3) is 0 Å². The topological polar surface area (TPSA) is 38.3 Å². The van der Waals surface area contributed by atoms with Crippen LogP contribution in [0, 0.1) is 5.82 Å². The molecule has 0 saturated carbocycles. The first-order valence-corrected chi connectivity index (χ1v) is 5.25. The number of nitrogens with one attached hydrogen (secondary N) is 1. The fourth-order valence-corrected chi connectivity index (χ4v) is 1.38. The molecular weight excluding hydrogens is 233 g/mol. The van der Waals surface area contributed by atoms with E-state index in [-0.39, 0.29) is 24.1 Å². The summed E-state index contributed by atoms with van der Waals surface area (Å²) in [7, 11) is 1.67. The van der Waals surface area contributed by atoms with Gasteiger partial charge in [-0.1, -0.05) is 17.7 Å². The summed E-state index contributed by atoms with van der Waals surface area (Å²) in [6.07, 6.45) is 0.523. The molecule has 0 atom stereocenters. The van der Waals surface area contributed by atoms with Gasteiger partial charge in [0.05, 0.1) is 18.2 Å². The lowest BCUT2D eigenvalue weighted by molar-refractivity contribution is -0.142. The van der Waals surface area contributed by atoms with Gasteiger partial charge in [0.25, 0.3) is 0 Å². The van der Waals surface area contributed by atoms with Crippen LogP contribution in [0.15, 0.2) is 18.2 Å². The van der Waals surface area contributed by atoms with E-state index < -0.39 is 5.82 Å². The van der Waals surface area contributed by atoms with Gasteiger partial charge in [0, 0.05) is 6.42 Å². The van der Waals surface area contributed by atoms with E-state index in [9.17, 15) is 9.18 Å². The first-order chi connectivity index (χ1) is 7.63. The third kappa shape index (κ3) is 4.16. The smallest absolute Gasteiger partial charge is 0.319 e. The molecule has 5 heteroatoms. The number of halogens is 2. The van der Waals surface area contributed by atoms with Crippen LogP contribution in [0.2, 0.25) is 5.02 Å². The van der Waals surface area contributed by atoms with E-state index in [2.05, 4.69) is 5.32 Å². The van der Waals surface area contributed by atoms with Crippen LogP contribution >= 0.6 is 11.6 Å². The zero-order valence-electron chi connectivity index (χ0n) is 8.93. The number of rotatable bonds is 5. The Morgan fingerprint density at radius 3 is 2.94 bits per heavy atom. The Bertz CT molecular complexity index is 371. The molecule has 1 aromatic rings. The Hall–Kier alpha value is -1.13. The zero-order chi connectivity index (χ0) is 12.0. The monoisotopic (exact) mass is 245 g/mol. The average Bonchev–Trinajstić information content (AvgIpc) is 2.24. The Balaban J connectivity index is 2.37. The second-order valence-corrected chi connectivity index (χ2v) is 3.66. The van der Waals surface area contributed by atoms with Crippen molar-refractivity contribution in [1.29, 1.82) is 0 Å². The van der Waals surface area contributed by atoms with Crippen molar-refractivity contribution in [3.8, 4) is 0 Å². The second-order valence-electron chi connectivity index (χ2n) is 3.25. The third-order valence-corrected chi connectivity index (χ3v) is 2.25. The molecule has 0 saturated heterocycles. The summed E-state index contributed by atoms with van der Waals surface area (Å²) in [6.45, 7) is 0.451. The van der Waals surface area contributed by atoms with Gasteiger partial charge in [-0.2, -0.15) is 0 Å². The fourth-order valence-electron chi connectivity index (χ4n) is 1.17. The van der Waals surface area contributed by atoms with Gasteiger partial charge in [0.15, 0.2) is 0 Å². The van der Waals surface area contributed by atoms with Gasteiger partial charge in [0.1, 0.15) is 5.82 Å². The number of carbonyl (C=O) groups is 1. The molecule has 0 aliphatic rings. The lowest BCUT2D eigenvalue weighted by Gasteiger charge is -2.05. The van der Waals surface area contributed by atoms with Gasteiger partial charge in [-0.3, -0.25) is 4.79 Å². The van der Waals surface area contributed by atoms with Crippen LogP contribution in [0.1, 0.15) is 5.56 Å². The van der Waals surface area contributed by atoms with Crippen LogP contribution < -0.4 is 5.32 Å². The SMILES string of the molecule is CNCC(=O)OCCc1ccc(F)c(Cl)c1. The molecule has 0 heterocycles. The fraction of sp³-hybridized carbons (Fsp3) is 0.364. The van der Waals surface area contributed by atoms with Gasteiger partial charge >= 0.3 is 5.97 Å². The van der Waals surface area contributed by atoms with Gasteiger partial charge in [0.2, 0.25) is 0 Å². The molecule has 1 N–H and O–H groups in total. The van der Waals surface area contributed by atoms with Crippen LogP contribution in [-0.4, -0.2) is 26.2 Å². The van der Waals surface area contributed by atoms with Gasteiger partial charge < -0.3 is 10.1 Å². The second kappa shape index (κ2) is 6.45. The molecule has 0 aliphatic heterocycles. The number of hydrogen-bond donors (Lipinski definition) is 1. The molecule has 0 bridgehead atoms. The summed E-state index contributed by atoms with van der Waals surface area (Å²) in [4.78, 5) is 11.0. The predicted octanol–water partition coefficient (Wildman–Crippen LogP) is 1.78. The van der Waals surface area contributed by atoms with E-state index in [0.717, 1.165) is 5.56 Å². The van der Waals surface area contributed by atoms with Crippen LogP contribution in [0.5, 0.6) is 0 Å². The maximum absolute atomic E-state index is 12.8. The molecule has 0 amide bonds. The van der Waals surface area contributed by atoms with Crippen molar-refractivity contribution in [2.45, 2.75) is 6.42 Å². The predicted molar refractivity (Wildman–Crippen MR) is 60.0 cm³/mol. The van der Waals surface area contributed by atoms with Crippen molar-refractivity contribution in [2.75, 3.05) is 20.2 Å². The van der Waals surface area contributed by atoms with Crippen molar-refractivity contribution in [2.24, 2.45) is 0 Å². The Morgan fingerprint density at radius 1 is 1.56 bits per heavy atom. The van der Waals surface area contributed by atoms with Gasteiger partial charge in [-0.05, 0) is 24.7 Å². The van der Waals surface area contributed by atoms with E-state index in [1.165, 1.54) is 12.1 Å². The van der Waals surface area contributed by atoms with Gasteiger partial charge in [-0.15, -0.1) is 0 Å². The maximum atomic E-state index is 12.8. The van der Waals surface area contributed by atoms with Crippen LogP contribution in [0.3, 0.4) is 0 Å². The molecular formula is C11H13ClFNO2. The maximum Gasteiger partial charge on any atom is 0.319 e. The number of ether oxygens (including phenoxy) is 1. The summed E-state index contributed by atoms with van der Waals surface area (Å²) in [5.74, 6) is -0.756. The highest BCUT2D eigenvalue weighted by atomic mass is 35.5. The molecule has 88 valence electrons. The molecule has 0 fully saturated rings. The van der Waals surface area contributed by atoms with Crippen molar-refractivity contribution in [3.05, 3.63) is 34.6 Å². The van der Waals surface area contributed by atoms with Crippen molar-refractivity contribution >= 4 is 17.6 Å². The van der Waals surface area contributed by atoms with Crippen molar-refractivity contribution in [3.63, 3.8) is 0 Å². The highest BCUT2D eigenvalue weighted by molar-refractivity contribution is 6.30. The molecule has 0 spiro atoms. The van der Waals surface area contributed by atoms with E-state index in [0.29, 0.717) is 6.42 Å². The van der Waals surface area contributed by atoms with E-state index >= 15 is 0 Å². The number of hydrogen-bond acceptors (Lipinski definition) is 3. The van der Waals surface area contributed by atoms with Crippen molar-refractivity contribution < 1.29 is 13.9 Å². The molecule has 0 unspecified atom stereocenters. The number of carbonyl (C=O) groups excluding carboxylic acids is 1. The molecule has 1 aromatic carbocycles. The molecule has 16 heavy (non-hydrogen) atoms. The minimum Gasteiger partial charge on any atom is -0.464 e. The average molecular weight is 246 g/mol. The Morgan fingerprint density at radius 2 is 2.31 bits per heavy atom. The van der Waals surface area contributed by atoms with Crippen LogP contribution in [-0.2, 0) is 16.0 Å². The first kappa shape index (κ1) is 12.9. The normalized spacial score (nSPS) is 10.2.